The molecule has 5 atom stereocenters. The van der Waals surface area contributed by atoms with Crippen LogP contribution in [0.25, 0.3) is 0 Å². The molecular weight excluding hydrogens is 746 g/mol. The summed E-state index contributed by atoms with van der Waals surface area (Å²) in [4.78, 5) is 51.3. The molecule has 334 valence electrons. The molecule has 15 nitrogen and oxygen atoms in total. The minimum atomic E-state index is -0.869. The number of hydrogen-bond acceptors (Lipinski definition) is 10. The summed E-state index contributed by atoms with van der Waals surface area (Å²) >= 11 is 0. The van der Waals surface area contributed by atoms with E-state index in [1.54, 1.807) is 0 Å². The van der Waals surface area contributed by atoms with E-state index in [2.05, 4.69) is 6.92 Å². The minimum absolute atomic E-state index is 0.0238. The Bertz CT molecular complexity index is 1260. The maximum absolute atomic E-state index is 10.4. The van der Waals surface area contributed by atoms with Gasteiger partial charge in [0.15, 0.2) is 0 Å². The summed E-state index contributed by atoms with van der Waals surface area (Å²) in [5.74, 6) is -1.91. The van der Waals surface area contributed by atoms with Crippen LogP contribution in [-0.2, 0) is 24.0 Å². The van der Waals surface area contributed by atoms with Crippen molar-refractivity contribution in [3.8, 4) is 0 Å². The molecule has 15 N–H and O–H groups in total. The van der Waals surface area contributed by atoms with Gasteiger partial charge in [-0.1, -0.05) is 127 Å². The lowest BCUT2D eigenvalue weighted by Gasteiger charge is -2.27. The molecule has 0 saturated heterocycles. The molecular formula is C43H77N5O10. The van der Waals surface area contributed by atoms with E-state index in [9.17, 15) is 24.0 Å². The fourth-order valence-electron chi connectivity index (χ4n) is 7.40. The van der Waals surface area contributed by atoms with Crippen molar-refractivity contribution in [2.75, 3.05) is 0 Å². The SMILES string of the molecule is CCCC[C@H](N)CC(=O)O.N[C@H](CC(=O)O)CC1CCC1.N[C@H](CC(=O)O)CC1CCCC1.N[C@H](CC(=O)O)CC1CCCCC1.N[C@H](CC(=O)O)c1ccccc1. The molecule has 0 amide bonds. The van der Waals surface area contributed by atoms with Gasteiger partial charge in [0, 0.05) is 30.2 Å². The first-order valence-corrected chi connectivity index (χ1v) is 21.3. The van der Waals surface area contributed by atoms with Gasteiger partial charge in [-0.25, -0.2) is 0 Å². The second-order valence-electron chi connectivity index (χ2n) is 16.3. The Morgan fingerprint density at radius 3 is 1.14 bits per heavy atom. The normalized spacial score (nSPS) is 17.9. The molecule has 4 rings (SSSR count). The third-order valence-electron chi connectivity index (χ3n) is 10.6. The maximum atomic E-state index is 10.4. The number of benzene rings is 1. The molecule has 0 aromatic heterocycles. The van der Waals surface area contributed by atoms with Gasteiger partial charge in [0.1, 0.15) is 0 Å². The lowest BCUT2D eigenvalue weighted by molar-refractivity contribution is -0.138. The lowest BCUT2D eigenvalue weighted by Crippen LogP contribution is -2.28. The number of carboxylic acids is 5. The Labute approximate surface area is 345 Å². The summed E-state index contributed by atoms with van der Waals surface area (Å²) in [5.41, 5.74) is 29.0. The monoisotopic (exact) mass is 824 g/mol. The van der Waals surface area contributed by atoms with E-state index in [-0.39, 0.29) is 56.3 Å². The van der Waals surface area contributed by atoms with Crippen LogP contribution in [0.4, 0.5) is 0 Å². The predicted octanol–water partition coefficient (Wildman–Crippen LogP) is 6.25. The van der Waals surface area contributed by atoms with Crippen molar-refractivity contribution >= 4 is 29.8 Å². The summed E-state index contributed by atoms with van der Waals surface area (Å²) in [7, 11) is 0. The van der Waals surface area contributed by atoms with Crippen LogP contribution in [0.3, 0.4) is 0 Å². The van der Waals surface area contributed by atoms with Crippen molar-refractivity contribution in [1.29, 1.82) is 0 Å². The Hall–Kier alpha value is -3.63. The standard InChI is InChI=1S/C10H19NO2.C9H17NO2.C9H11NO2.C8H15NO2.C7H15NO2/c11-9(7-10(12)13)6-8-4-2-1-3-5-8;10-8(6-9(11)12)5-7-3-1-2-4-7;10-8(6-9(11)12)7-4-2-1-3-5-7;9-7(5-8(10)11)4-6-2-1-3-6;1-2-3-4-6(8)5-7(9)10/h8-9H,1-7,11H2,(H,12,13);7-8H,1-6,10H2,(H,11,12);1-5,8H,6,10H2,(H,11,12);6-7H,1-5,9H2,(H,10,11);6H,2-5,8H2,1H3,(H,9,10)/t9-;2*8-;7-;6-/m00100/s1. The number of unbranched alkanes of at least 4 members (excludes halogenated alkanes) is 1. The van der Waals surface area contributed by atoms with Gasteiger partial charge in [0.05, 0.1) is 32.1 Å². The van der Waals surface area contributed by atoms with E-state index in [4.69, 9.17) is 54.2 Å². The van der Waals surface area contributed by atoms with Gasteiger partial charge in [0.2, 0.25) is 0 Å². The molecule has 0 aliphatic heterocycles. The van der Waals surface area contributed by atoms with Crippen molar-refractivity contribution in [3.63, 3.8) is 0 Å². The van der Waals surface area contributed by atoms with Crippen molar-refractivity contribution in [2.24, 2.45) is 46.4 Å². The first-order valence-electron chi connectivity index (χ1n) is 21.3. The summed E-state index contributed by atoms with van der Waals surface area (Å²) in [6.07, 6.45) is 21.3. The number of aliphatic carboxylic acids is 5. The summed E-state index contributed by atoms with van der Waals surface area (Å²) in [6.45, 7) is 2.06. The van der Waals surface area contributed by atoms with E-state index in [0.717, 1.165) is 44.1 Å². The van der Waals surface area contributed by atoms with Crippen LogP contribution < -0.4 is 28.7 Å². The Morgan fingerprint density at radius 2 is 0.828 bits per heavy atom. The van der Waals surface area contributed by atoms with Crippen LogP contribution in [0.1, 0.15) is 166 Å². The van der Waals surface area contributed by atoms with E-state index < -0.39 is 35.9 Å². The predicted molar refractivity (Wildman–Crippen MR) is 226 cm³/mol. The zero-order chi connectivity index (χ0) is 43.9. The van der Waals surface area contributed by atoms with Gasteiger partial charge in [-0.05, 0) is 49.0 Å². The average Bonchev–Trinajstić information content (AvgIpc) is 3.62. The summed E-state index contributed by atoms with van der Waals surface area (Å²) < 4.78 is 0. The molecule has 3 aliphatic carbocycles. The number of rotatable bonds is 20. The smallest absolute Gasteiger partial charge is 0.305 e. The molecule has 0 heterocycles. The zero-order valence-corrected chi connectivity index (χ0v) is 34.9. The number of carbonyl (C=O) groups is 5. The van der Waals surface area contributed by atoms with Crippen LogP contribution in [0.15, 0.2) is 30.3 Å². The molecule has 0 bridgehead atoms. The maximum Gasteiger partial charge on any atom is 0.305 e. The van der Waals surface area contributed by atoms with Crippen molar-refractivity contribution in [1.82, 2.24) is 0 Å². The van der Waals surface area contributed by atoms with Crippen molar-refractivity contribution < 1.29 is 49.5 Å². The Morgan fingerprint density at radius 1 is 0.500 bits per heavy atom. The van der Waals surface area contributed by atoms with E-state index >= 15 is 0 Å². The highest BCUT2D eigenvalue weighted by Gasteiger charge is 2.22. The summed E-state index contributed by atoms with van der Waals surface area (Å²) in [6, 6.07) is 8.26. The third-order valence-corrected chi connectivity index (χ3v) is 10.6. The molecule has 15 heteroatoms. The molecule has 58 heavy (non-hydrogen) atoms. The van der Waals surface area contributed by atoms with Crippen LogP contribution in [0.2, 0.25) is 0 Å². The van der Waals surface area contributed by atoms with Crippen LogP contribution >= 0.6 is 0 Å². The molecule has 3 aliphatic rings. The van der Waals surface area contributed by atoms with Crippen LogP contribution in [0.5, 0.6) is 0 Å². The third kappa shape index (κ3) is 32.3. The average molecular weight is 824 g/mol. The number of hydrogen-bond donors (Lipinski definition) is 10. The van der Waals surface area contributed by atoms with E-state index in [0.29, 0.717) is 17.8 Å². The van der Waals surface area contributed by atoms with Gasteiger partial charge in [-0.15, -0.1) is 0 Å². The number of nitrogens with two attached hydrogens (primary N) is 5. The zero-order valence-electron chi connectivity index (χ0n) is 34.9. The molecule has 0 spiro atoms. The highest BCUT2D eigenvalue weighted by Crippen LogP contribution is 2.31. The van der Waals surface area contributed by atoms with Gasteiger partial charge in [-0.3, -0.25) is 24.0 Å². The minimum Gasteiger partial charge on any atom is -0.481 e. The van der Waals surface area contributed by atoms with Crippen LogP contribution in [0, 0.1) is 17.8 Å². The van der Waals surface area contributed by atoms with Gasteiger partial charge >= 0.3 is 29.8 Å². The van der Waals surface area contributed by atoms with Gasteiger partial charge in [0.25, 0.3) is 0 Å². The molecule has 3 fully saturated rings. The fraction of sp³-hybridized carbons (Fsp3) is 0.744. The highest BCUT2D eigenvalue weighted by molar-refractivity contribution is 5.68. The second-order valence-corrected chi connectivity index (χ2v) is 16.3. The molecule has 0 unspecified atom stereocenters. The van der Waals surface area contributed by atoms with Crippen molar-refractivity contribution in [2.45, 2.75) is 185 Å². The summed E-state index contributed by atoms with van der Waals surface area (Å²) in [5, 5.41) is 42.2. The van der Waals surface area contributed by atoms with E-state index in [1.165, 1.54) is 77.0 Å². The van der Waals surface area contributed by atoms with Crippen molar-refractivity contribution in [3.05, 3.63) is 35.9 Å². The molecule has 0 radical (unpaired) electrons. The molecule has 3 saturated carbocycles. The van der Waals surface area contributed by atoms with Gasteiger partial charge in [-0.2, -0.15) is 0 Å². The Kier molecular flexibility index (Phi) is 31.1. The first-order chi connectivity index (χ1) is 27.4. The fourth-order valence-corrected chi connectivity index (χ4v) is 7.40. The first kappa shape index (κ1) is 54.4. The largest absolute Gasteiger partial charge is 0.481 e. The van der Waals surface area contributed by atoms with Crippen LogP contribution in [-0.4, -0.2) is 79.5 Å². The number of carboxylic acid groups (broad SMARTS) is 5. The van der Waals surface area contributed by atoms with E-state index in [1.807, 2.05) is 30.3 Å². The second kappa shape index (κ2) is 33.2. The Balaban J connectivity index is 0.000000702. The highest BCUT2D eigenvalue weighted by atomic mass is 16.4. The quantitative estimate of drug-likeness (QED) is 0.0695. The topological polar surface area (TPSA) is 317 Å². The molecule has 1 aromatic carbocycles. The molecule has 1 aromatic rings. The van der Waals surface area contributed by atoms with Gasteiger partial charge < -0.3 is 54.2 Å². The lowest BCUT2D eigenvalue weighted by atomic mass is 9.80.